The van der Waals surface area contributed by atoms with Gasteiger partial charge in [-0.3, -0.25) is 0 Å². The first kappa shape index (κ1) is 15.8. The van der Waals surface area contributed by atoms with Crippen LogP contribution in [0.25, 0.3) is 0 Å². The lowest BCUT2D eigenvalue weighted by molar-refractivity contribution is 0.0515. The van der Waals surface area contributed by atoms with E-state index in [4.69, 9.17) is 4.74 Å². The van der Waals surface area contributed by atoms with Crippen molar-refractivity contribution in [3.05, 3.63) is 29.3 Å². The standard InChI is InChI=1S/C14H20N2O4S/c1-14(2,3)20-13(17)15-16-21(18,19)12-8-7-10-5-4-6-11(10)9-12/h7-9,16H,4-6H2,1-3H3,(H,15,17). The highest BCUT2D eigenvalue weighted by molar-refractivity contribution is 7.89. The molecule has 0 heterocycles. The minimum atomic E-state index is -3.79. The molecule has 2 rings (SSSR count). The first-order chi connectivity index (χ1) is 9.67. The van der Waals surface area contributed by atoms with Gasteiger partial charge in [-0.05, 0) is 63.3 Å². The summed E-state index contributed by atoms with van der Waals surface area (Å²) in [7, 11) is -3.79. The summed E-state index contributed by atoms with van der Waals surface area (Å²) in [4.78, 5) is 13.6. The van der Waals surface area contributed by atoms with Gasteiger partial charge in [-0.2, -0.15) is 0 Å². The predicted octanol–water partition coefficient (Wildman–Crippen LogP) is 1.89. The van der Waals surface area contributed by atoms with E-state index >= 15 is 0 Å². The van der Waals surface area contributed by atoms with Crippen molar-refractivity contribution in [3.8, 4) is 0 Å². The van der Waals surface area contributed by atoms with Crippen LogP contribution >= 0.6 is 0 Å². The molecule has 0 aliphatic heterocycles. The van der Waals surface area contributed by atoms with Gasteiger partial charge >= 0.3 is 6.09 Å². The van der Waals surface area contributed by atoms with E-state index in [1.54, 1.807) is 32.9 Å². The summed E-state index contributed by atoms with van der Waals surface area (Å²) in [5, 5.41) is 0. The summed E-state index contributed by atoms with van der Waals surface area (Å²) >= 11 is 0. The third-order valence-electron chi connectivity index (χ3n) is 3.07. The van der Waals surface area contributed by atoms with E-state index in [-0.39, 0.29) is 4.90 Å². The summed E-state index contributed by atoms with van der Waals surface area (Å²) < 4.78 is 29.2. The highest BCUT2D eigenvalue weighted by Gasteiger charge is 2.21. The van der Waals surface area contributed by atoms with E-state index in [1.165, 1.54) is 5.56 Å². The molecule has 0 saturated heterocycles. The van der Waals surface area contributed by atoms with Crippen molar-refractivity contribution in [1.29, 1.82) is 0 Å². The van der Waals surface area contributed by atoms with E-state index in [0.717, 1.165) is 24.8 Å². The van der Waals surface area contributed by atoms with Crippen molar-refractivity contribution in [1.82, 2.24) is 10.3 Å². The molecule has 7 heteroatoms. The molecule has 0 unspecified atom stereocenters. The zero-order chi connectivity index (χ0) is 15.7. The number of hydrogen-bond donors (Lipinski definition) is 2. The van der Waals surface area contributed by atoms with Crippen molar-refractivity contribution in [2.24, 2.45) is 0 Å². The number of rotatable bonds is 3. The molecule has 1 aliphatic rings. The zero-order valence-electron chi connectivity index (χ0n) is 12.4. The fourth-order valence-corrected chi connectivity index (χ4v) is 3.07. The third-order valence-corrected chi connectivity index (χ3v) is 4.31. The molecular formula is C14H20N2O4S. The van der Waals surface area contributed by atoms with E-state index in [1.807, 2.05) is 16.3 Å². The summed E-state index contributed by atoms with van der Waals surface area (Å²) in [5.41, 5.74) is 3.60. The zero-order valence-corrected chi connectivity index (χ0v) is 13.2. The van der Waals surface area contributed by atoms with Crippen LogP contribution in [0.5, 0.6) is 0 Å². The molecule has 0 saturated carbocycles. The van der Waals surface area contributed by atoms with Gasteiger partial charge in [0.15, 0.2) is 0 Å². The molecule has 6 nitrogen and oxygen atoms in total. The van der Waals surface area contributed by atoms with Crippen molar-refractivity contribution in [2.75, 3.05) is 0 Å². The molecular weight excluding hydrogens is 292 g/mol. The second-order valence-electron chi connectivity index (χ2n) is 6.02. The number of benzene rings is 1. The molecule has 0 spiro atoms. The molecule has 1 aromatic rings. The van der Waals surface area contributed by atoms with Gasteiger partial charge in [0, 0.05) is 0 Å². The largest absolute Gasteiger partial charge is 0.443 e. The number of nitrogens with one attached hydrogen (secondary N) is 2. The van der Waals surface area contributed by atoms with Gasteiger partial charge in [-0.15, -0.1) is 4.83 Å². The summed E-state index contributed by atoms with van der Waals surface area (Å²) in [6.45, 7) is 5.09. The van der Waals surface area contributed by atoms with Gasteiger partial charge < -0.3 is 4.74 Å². The molecule has 0 aromatic heterocycles. The van der Waals surface area contributed by atoms with E-state index in [2.05, 4.69) is 0 Å². The topological polar surface area (TPSA) is 84.5 Å². The minimum Gasteiger partial charge on any atom is -0.443 e. The van der Waals surface area contributed by atoms with Gasteiger partial charge in [0.2, 0.25) is 0 Å². The maximum atomic E-state index is 12.1. The third kappa shape index (κ3) is 4.18. The SMILES string of the molecule is CC(C)(C)OC(=O)NNS(=O)(=O)c1ccc2c(c1)CCC2. The first-order valence-electron chi connectivity index (χ1n) is 6.80. The van der Waals surface area contributed by atoms with E-state index in [9.17, 15) is 13.2 Å². The van der Waals surface area contributed by atoms with Crippen LogP contribution in [0.2, 0.25) is 0 Å². The highest BCUT2D eigenvalue weighted by atomic mass is 32.2. The minimum absolute atomic E-state index is 0.138. The molecule has 1 aromatic carbocycles. The smallest absolute Gasteiger partial charge is 0.423 e. The Labute approximate surface area is 124 Å². The van der Waals surface area contributed by atoms with E-state index < -0.39 is 21.7 Å². The molecule has 2 N–H and O–H groups in total. The van der Waals surface area contributed by atoms with Crippen molar-refractivity contribution < 1.29 is 17.9 Å². The molecule has 1 aliphatic carbocycles. The summed E-state index contributed by atoms with van der Waals surface area (Å²) in [5.74, 6) is 0. The van der Waals surface area contributed by atoms with E-state index in [0.29, 0.717) is 0 Å². The van der Waals surface area contributed by atoms with Crippen LogP contribution in [0.1, 0.15) is 38.3 Å². The molecule has 0 radical (unpaired) electrons. The van der Waals surface area contributed by atoms with Crippen LogP contribution in [0.4, 0.5) is 4.79 Å². The molecule has 0 atom stereocenters. The number of hydrazine groups is 1. The lowest BCUT2D eigenvalue weighted by Crippen LogP contribution is -2.44. The number of carbonyl (C=O) groups excluding carboxylic acids is 1. The Morgan fingerprint density at radius 1 is 1.19 bits per heavy atom. The Morgan fingerprint density at radius 2 is 1.86 bits per heavy atom. The van der Waals surface area contributed by atoms with Crippen LogP contribution in [-0.2, 0) is 27.6 Å². The fourth-order valence-electron chi connectivity index (χ4n) is 2.19. The summed E-state index contributed by atoms with van der Waals surface area (Å²) in [6, 6.07) is 5.02. The lowest BCUT2D eigenvalue weighted by Gasteiger charge is -2.19. The van der Waals surface area contributed by atoms with Crippen LogP contribution in [-0.4, -0.2) is 20.1 Å². The van der Waals surface area contributed by atoms with Gasteiger partial charge in [0.05, 0.1) is 4.90 Å². The second-order valence-corrected chi connectivity index (χ2v) is 7.70. The Kier molecular flexibility index (Phi) is 4.25. The Hall–Kier alpha value is -1.60. The lowest BCUT2D eigenvalue weighted by atomic mass is 10.1. The maximum absolute atomic E-state index is 12.1. The molecule has 0 bridgehead atoms. The van der Waals surface area contributed by atoms with Crippen LogP contribution in [0, 0.1) is 0 Å². The van der Waals surface area contributed by atoms with Gasteiger partial charge in [0.25, 0.3) is 10.0 Å². The van der Waals surface area contributed by atoms with Gasteiger partial charge in [0.1, 0.15) is 5.60 Å². The number of ether oxygens (including phenoxy) is 1. The molecule has 116 valence electrons. The number of hydrogen-bond acceptors (Lipinski definition) is 4. The predicted molar refractivity (Wildman–Crippen MR) is 78.2 cm³/mol. The average Bonchev–Trinajstić information content (AvgIpc) is 2.81. The number of amides is 1. The number of aryl methyl sites for hydroxylation is 2. The Bertz CT molecular complexity index is 647. The van der Waals surface area contributed by atoms with Crippen molar-refractivity contribution >= 4 is 16.1 Å². The van der Waals surface area contributed by atoms with Crippen LogP contribution in [0.3, 0.4) is 0 Å². The van der Waals surface area contributed by atoms with Gasteiger partial charge in [-0.1, -0.05) is 6.07 Å². The number of fused-ring (bicyclic) bond motifs is 1. The number of carbonyl (C=O) groups is 1. The van der Waals surface area contributed by atoms with Crippen molar-refractivity contribution in [3.63, 3.8) is 0 Å². The normalized spacial score (nSPS) is 14.6. The molecule has 1 amide bonds. The fraction of sp³-hybridized carbons (Fsp3) is 0.500. The monoisotopic (exact) mass is 312 g/mol. The second kappa shape index (κ2) is 5.65. The Balaban J connectivity index is 2.04. The Morgan fingerprint density at radius 3 is 2.52 bits per heavy atom. The first-order valence-corrected chi connectivity index (χ1v) is 8.28. The van der Waals surface area contributed by atoms with Crippen LogP contribution in [0.15, 0.2) is 23.1 Å². The van der Waals surface area contributed by atoms with Crippen molar-refractivity contribution in [2.45, 2.75) is 50.5 Å². The summed E-state index contributed by atoms with van der Waals surface area (Å²) in [6.07, 6.45) is 2.08. The number of sulfonamides is 1. The average molecular weight is 312 g/mol. The van der Waals surface area contributed by atoms with Crippen LogP contribution < -0.4 is 10.3 Å². The highest BCUT2D eigenvalue weighted by Crippen LogP contribution is 2.24. The molecule has 21 heavy (non-hydrogen) atoms. The quantitative estimate of drug-likeness (QED) is 0.835. The molecule has 0 fully saturated rings. The maximum Gasteiger partial charge on any atom is 0.423 e. The van der Waals surface area contributed by atoms with Gasteiger partial charge in [-0.25, -0.2) is 18.6 Å².